The molecule has 2 aromatic rings. The number of imidazole rings is 1. The molecule has 0 aliphatic carbocycles. The Morgan fingerprint density at radius 1 is 1.43 bits per heavy atom. The molecule has 2 nitrogen and oxygen atoms in total. The molecule has 0 bridgehead atoms. The van der Waals surface area contributed by atoms with Crippen LogP contribution in [0.2, 0.25) is 18.6 Å². The van der Waals surface area contributed by atoms with Crippen LogP contribution in [0.15, 0.2) is 17.8 Å². The summed E-state index contributed by atoms with van der Waals surface area (Å²) in [5, 5.41) is 3.41. The lowest BCUT2D eigenvalue weighted by atomic mass is 10.6. The second kappa shape index (κ2) is 3.20. The van der Waals surface area contributed by atoms with Gasteiger partial charge in [0.15, 0.2) is 4.96 Å². The van der Waals surface area contributed by atoms with Crippen LogP contribution in [0.4, 0.5) is 0 Å². The summed E-state index contributed by atoms with van der Waals surface area (Å²) in [6, 6.07) is 0. The third kappa shape index (κ3) is 1.42. The predicted octanol–water partition coefficient (Wildman–Crippen LogP) is 2.72. The lowest BCUT2D eigenvalue weighted by Gasteiger charge is -2.24. The Kier molecular flexibility index (Phi) is 2.27. The van der Waals surface area contributed by atoms with Gasteiger partial charge in [-0.15, -0.1) is 11.3 Å². The van der Waals surface area contributed by atoms with Gasteiger partial charge in [0.1, 0.15) is 8.07 Å². The first kappa shape index (κ1) is 9.92. The summed E-state index contributed by atoms with van der Waals surface area (Å²) in [6.45, 7) is 9.40. The highest BCUT2D eigenvalue weighted by Gasteiger charge is 2.30. The summed E-state index contributed by atoms with van der Waals surface area (Å²) in [6.07, 6.45) is 4.29. The zero-order valence-electron chi connectivity index (χ0n) is 9.11. The Labute approximate surface area is 89.6 Å². The van der Waals surface area contributed by atoms with Crippen LogP contribution in [-0.4, -0.2) is 17.5 Å². The number of rotatable bonds is 2. The van der Waals surface area contributed by atoms with Crippen LogP contribution in [0.1, 0.15) is 13.8 Å². The summed E-state index contributed by atoms with van der Waals surface area (Å²) in [5.74, 6) is 0. The zero-order valence-corrected chi connectivity index (χ0v) is 10.9. The van der Waals surface area contributed by atoms with E-state index in [4.69, 9.17) is 4.98 Å². The maximum Gasteiger partial charge on any atom is 0.193 e. The molecule has 0 unspecified atom stereocenters. The number of fused-ring (bicyclic) bond motifs is 1. The Morgan fingerprint density at radius 3 is 2.71 bits per heavy atom. The average molecular weight is 224 g/mol. The van der Waals surface area contributed by atoms with E-state index in [0.29, 0.717) is 0 Å². The fraction of sp³-hybridized carbons (Fsp3) is 0.500. The van der Waals surface area contributed by atoms with Gasteiger partial charge in [0.05, 0.1) is 0 Å². The highest BCUT2D eigenvalue weighted by atomic mass is 32.1. The van der Waals surface area contributed by atoms with Gasteiger partial charge in [-0.3, -0.25) is 4.40 Å². The van der Waals surface area contributed by atoms with E-state index in [1.165, 1.54) is 5.32 Å². The molecule has 0 aromatic carbocycles. The van der Waals surface area contributed by atoms with Gasteiger partial charge in [-0.05, 0) is 5.54 Å². The second-order valence-corrected chi connectivity index (χ2v) is 10.6. The van der Waals surface area contributed by atoms with Crippen LogP contribution in [0, 0.1) is 0 Å². The standard InChI is InChI=1S/C10H16N2SSi/c1-8(2)14(3,4)9-7-12-5-6-13-10(12)11-9/h5-8H,1-4H3. The maximum atomic E-state index is 4.71. The van der Waals surface area contributed by atoms with Gasteiger partial charge in [0, 0.05) is 23.1 Å². The van der Waals surface area contributed by atoms with Crippen molar-refractivity contribution >= 4 is 29.7 Å². The number of hydrogen-bond donors (Lipinski definition) is 0. The van der Waals surface area contributed by atoms with Gasteiger partial charge in [0.25, 0.3) is 0 Å². The second-order valence-electron chi connectivity index (χ2n) is 4.60. The van der Waals surface area contributed by atoms with Crippen molar-refractivity contribution in [2.75, 3.05) is 0 Å². The monoisotopic (exact) mass is 224 g/mol. The largest absolute Gasteiger partial charge is 0.298 e. The number of aromatic nitrogens is 2. The number of hydrogen-bond acceptors (Lipinski definition) is 2. The van der Waals surface area contributed by atoms with Crippen LogP contribution in [0.5, 0.6) is 0 Å². The smallest absolute Gasteiger partial charge is 0.193 e. The molecular formula is C10H16N2SSi. The molecule has 76 valence electrons. The minimum absolute atomic E-state index is 0.743. The molecule has 0 N–H and O–H groups in total. The molecule has 0 amide bonds. The molecule has 0 spiro atoms. The fourth-order valence-electron chi connectivity index (χ4n) is 1.33. The molecule has 0 radical (unpaired) electrons. The van der Waals surface area contributed by atoms with E-state index in [-0.39, 0.29) is 0 Å². The van der Waals surface area contributed by atoms with Crippen molar-refractivity contribution in [3.63, 3.8) is 0 Å². The molecule has 0 aliphatic heterocycles. The van der Waals surface area contributed by atoms with E-state index < -0.39 is 8.07 Å². The van der Waals surface area contributed by atoms with Crippen molar-refractivity contribution in [3.05, 3.63) is 17.8 Å². The summed E-state index contributed by atoms with van der Waals surface area (Å²) in [5.41, 5.74) is 0.743. The van der Waals surface area contributed by atoms with Crippen molar-refractivity contribution in [2.24, 2.45) is 0 Å². The zero-order chi connectivity index (χ0) is 10.3. The molecule has 4 heteroatoms. The van der Waals surface area contributed by atoms with E-state index in [1.807, 2.05) is 0 Å². The summed E-state index contributed by atoms with van der Waals surface area (Å²) in [7, 11) is -1.33. The fourth-order valence-corrected chi connectivity index (χ4v) is 3.57. The van der Waals surface area contributed by atoms with Crippen LogP contribution in [-0.2, 0) is 0 Å². The topological polar surface area (TPSA) is 17.3 Å². The number of thiazole rings is 1. The normalized spacial score (nSPS) is 12.9. The van der Waals surface area contributed by atoms with Gasteiger partial charge >= 0.3 is 0 Å². The van der Waals surface area contributed by atoms with Crippen LogP contribution in [0.25, 0.3) is 4.96 Å². The summed E-state index contributed by atoms with van der Waals surface area (Å²) in [4.78, 5) is 5.83. The molecule has 0 saturated heterocycles. The molecule has 2 heterocycles. The molecule has 0 aliphatic rings. The molecule has 0 fully saturated rings. The first-order chi connectivity index (χ1) is 6.51. The van der Waals surface area contributed by atoms with Gasteiger partial charge < -0.3 is 0 Å². The van der Waals surface area contributed by atoms with E-state index in [2.05, 4.69) is 49.1 Å². The molecule has 2 rings (SSSR count). The van der Waals surface area contributed by atoms with Gasteiger partial charge in [-0.2, -0.15) is 0 Å². The summed E-state index contributed by atoms with van der Waals surface area (Å²) >= 11 is 1.71. The third-order valence-corrected chi connectivity index (χ3v) is 8.42. The van der Waals surface area contributed by atoms with E-state index in [9.17, 15) is 0 Å². The van der Waals surface area contributed by atoms with Gasteiger partial charge in [0.2, 0.25) is 0 Å². The molecule has 0 atom stereocenters. The Bertz CT molecular complexity index is 413. The first-order valence-corrected chi connectivity index (χ1v) is 8.90. The van der Waals surface area contributed by atoms with E-state index in [0.717, 1.165) is 10.5 Å². The number of nitrogens with zero attached hydrogens (tertiary/aromatic N) is 2. The lowest BCUT2D eigenvalue weighted by Crippen LogP contribution is -2.45. The van der Waals surface area contributed by atoms with Gasteiger partial charge in [-0.25, -0.2) is 4.98 Å². The molecule has 0 saturated carbocycles. The average Bonchev–Trinajstić information content (AvgIpc) is 2.60. The van der Waals surface area contributed by atoms with E-state index in [1.54, 1.807) is 11.3 Å². The van der Waals surface area contributed by atoms with Crippen LogP contribution in [0.3, 0.4) is 0 Å². The quantitative estimate of drug-likeness (QED) is 0.717. The highest BCUT2D eigenvalue weighted by Crippen LogP contribution is 2.20. The van der Waals surface area contributed by atoms with Crippen molar-refractivity contribution in [2.45, 2.75) is 32.5 Å². The Hall–Kier alpha value is -0.613. The predicted molar refractivity (Wildman–Crippen MR) is 65.3 cm³/mol. The lowest BCUT2D eigenvalue weighted by molar-refractivity contribution is 1.02. The first-order valence-electron chi connectivity index (χ1n) is 4.94. The highest BCUT2D eigenvalue weighted by molar-refractivity contribution is 7.15. The minimum atomic E-state index is -1.33. The van der Waals surface area contributed by atoms with E-state index >= 15 is 0 Å². The van der Waals surface area contributed by atoms with Crippen molar-refractivity contribution in [1.29, 1.82) is 0 Å². The van der Waals surface area contributed by atoms with Gasteiger partial charge in [-0.1, -0.05) is 26.9 Å². The maximum absolute atomic E-state index is 4.71. The molecule has 14 heavy (non-hydrogen) atoms. The van der Waals surface area contributed by atoms with Crippen molar-refractivity contribution in [1.82, 2.24) is 9.38 Å². The SMILES string of the molecule is CC(C)[Si](C)(C)c1cn2ccsc2n1. The third-order valence-electron chi connectivity index (χ3n) is 3.20. The Balaban J connectivity index is 2.48. The summed E-state index contributed by atoms with van der Waals surface area (Å²) < 4.78 is 2.14. The Morgan fingerprint density at radius 2 is 2.14 bits per heavy atom. The van der Waals surface area contributed by atoms with Crippen LogP contribution < -0.4 is 5.32 Å². The molecular weight excluding hydrogens is 208 g/mol. The van der Waals surface area contributed by atoms with Crippen molar-refractivity contribution in [3.8, 4) is 0 Å². The van der Waals surface area contributed by atoms with Crippen molar-refractivity contribution < 1.29 is 0 Å². The minimum Gasteiger partial charge on any atom is -0.298 e. The van der Waals surface area contributed by atoms with Crippen LogP contribution >= 0.6 is 11.3 Å². The molecule has 2 aromatic heterocycles.